The second-order valence-corrected chi connectivity index (χ2v) is 4.94. The van der Waals surface area contributed by atoms with Crippen LogP contribution in [0.15, 0.2) is 28.7 Å². The molecular weight excluding hydrogens is 266 g/mol. The Balaban J connectivity index is 1.99. The molecule has 0 spiro atoms. The van der Waals surface area contributed by atoms with Gasteiger partial charge in [0, 0.05) is 31.5 Å². The number of hydrogen-bond donors (Lipinski definition) is 0. The molecule has 0 bridgehead atoms. The van der Waals surface area contributed by atoms with Crippen molar-refractivity contribution in [1.29, 1.82) is 0 Å². The third-order valence-electron chi connectivity index (χ3n) is 3.40. The molecule has 112 valence electrons. The summed E-state index contributed by atoms with van der Waals surface area (Å²) in [6.45, 7) is 7.43. The molecule has 1 amide bonds. The molecule has 1 heterocycles. The normalized spacial score (nSPS) is 10.6. The van der Waals surface area contributed by atoms with Crippen molar-refractivity contribution < 1.29 is 9.21 Å². The van der Waals surface area contributed by atoms with E-state index in [-0.39, 0.29) is 5.91 Å². The summed E-state index contributed by atoms with van der Waals surface area (Å²) in [4.78, 5) is 13.7. The van der Waals surface area contributed by atoms with Crippen molar-refractivity contribution in [2.75, 3.05) is 13.1 Å². The first kappa shape index (κ1) is 15.2. The van der Waals surface area contributed by atoms with Gasteiger partial charge in [-0.1, -0.05) is 17.7 Å². The molecule has 1 aromatic carbocycles. The van der Waals surface area contributed by atoms with Crippen LogP contribution in [0, 0.1) is 6.92 Å². The Hall–Kier alpha value is -2.17. The Morgan fingerprint density at radius 3 is 2.67 bits per heavy atom. The smallest absolute Gasteiger partial charge is 0.247 e. The predicted molar refractivity (Wildman–Crippen MR) is 80.7 cm³/mol. The molecule has 0 aliphatic heterocycles. The molecule has 21 heavy (non-hydrogen) atoms. The molecule has 0 saturated carbocycles. The van der Waals surface area contributed by atoms with Crippen molar-refractivity contribution in [1.82, 2.24) is 15.1 Å². The lowest BCUT2D eigenvalue weighted by Crippen LogP contribution is -2.30. The van der Waals surface area contributed by atoms with Gasteiger partial charge in [0.15, 0.2) is 0 Å². The fraction of sp³-hybridized carbons (Fsp3) is 0.438. The molecule has 0 atom stereocenters. The summed E-state index contributed by atoms with van der Waals surface area (Å²) in [5, 5.41) is 8.07. The van der Waals surface area contributed by atoms with E-state index in [1.807, 2.05) is 45.0 Å². The molecule has 0 N–H and O–H groups in total. The van der Waals surface area contributed by atoms with Gasteiger partial charge in [0.25, 0.3) is 0 Å². The van der Waals surface area contributed by atoms with E-state index >= 15 is 0 Å². The highest BCUT2D eigenvalue weighted by molar-refractivity contribution is 5.76. The monoisotopic (exact) mass is 287 g/mol. The average Bonchev–Trinajstić information content (AvgIpc) is 2.95. The highest BCUT2D eigenvalue weighted by atomic mass is 16.4. The van der Waals surface area contributed by atoms with Gasteiger partial charge in [-0.15, -0.1) is 10.2 Å². The maximum atomic E-state index is 11.9. The molecule has 0 aliphatic carbocycles. The van der Waals surface area contributed by atoms with Crippen molar-refractivity contribution in [2.45, 2.75) is 33.6 Å². The summed E-state index contributed by atoms with van der Waals surface area (Å²) >= 11 is 0. The predicted octanol–water partition coefficient (Wildman–Crippen LogP) is 2.85. The number of hydrogen-bond acceptors (Lipinski definition) is 4. The van der Waals surface area contributed by atoms with Crippen LogP contribution < -0.4 is 0 Å². The van der Waals surface area contributed by atoms with Crippen molar-refractivity contribution in [2.24, 2.45) is 0 Å². The Morgan fingerprint density at radius 1 is 1.24 bits per heavy atom. The molecule has 0 unspecified atom stereocenters. The van der Waals surface area contributed by atoms with Gasteiger partial charge in [0.05, 0.1) is 0 Å². The first-order chi connectivity index (χ1) is 10.1. The molecule has 0 radical (unpaired) electrons. The molecule has 2 aromatic rings. The summed E-state index contributed by atoms with van der Waals surface area (Å²) in [5.74, 6) is 1.13. The quantitative estimate of drug-likeness (QED) is 0.819. The summed E-state index contributed by atoms with van der Waals surface area (Å²) in [6, 6.07) is 7.91. The fourth-order valence-corrected chi connectivity index (χ4v) is 2.20. The number of carbonyl (C=O) groups is 1. The summed E-state index contributed by atoms with van der Waals surface area (Å²) in [5.41, 5.74) is 2.05. The minimum Gasteiger partial charge on any atom is -0.421 e. The van der Waals surface area contributed by atoms with Crippen molar-refractivity contribution in [3.63, 3.8) is 0 Å². The minimum absolute atomic E-state index is 0.121. The van der Waals surface area contributed by atoms with Gasteiger partial charge in [0.1, 0.15) is 0 Å². The number of rotatable bonds is 6. The topological polar surface area (TPSA) is 59.2 Å². The SMILES string of the molecule is CCN(CC)C(=O)CCc1nnc(-c2cccc(C)c2)o1. The highest BCUT2D eigenvalue weighted by Crippen LogP contribution is 2.19. The second kappa shape index (κ2) is 7.02. The summed E-state index contributed by atoms with van der Waals surface area (Å²) < 4.78 is 5.63. The minimum atomic E-state index is 0.121. The van der Waals surface area contributed by atoms with E-state index in [0.29, 0.717) is 24.6 Å². The third kappa shape index (κ3) is 3.90. The van der Waals surface area contributed by atoms with E-state index in [4.69, 9.17) is 4.42 Å². The zero-order valence-corrected chi connectivity index (χ0v) is 12.8. The molecule has 1 aromatic heterocycles. The van der Waals surface area contributed by atoms with Crippen LogP contribution in [0.25, 0.3) is 11.5 Å². The van der Waals surface area contributed by atoms with E-state index in [1.165, 1.54) is 0 Å². The molecule has 2 rings (SSSR count). The van der Waals surface area contributed by atoms with E-state index in [9.17, 15) is 4.79 Å². The van der Waals surface area contributed by atoms with Crippen LogP contribution in [0.3, 0.4) is 0 Å². The number of benzene rings is 1. The maximum Gasteiger partial charge on any atom is 0.247 e. The van der Waals surface area contributed by atoms with Gasteiger partial charge in [-0.05, 0) is 32.9 Å². The van der Waals surface area contributed by atoms with Gasteiger partial charge in [-0.2, -0.15) is 0 Å². The lowest BCUT2D eigenvalue weighted by Gasteiger charge is -2.17. The largest absolute Gasteiger partial charge is 0.421 e. The van der Waals surface area contributed by atoms with E-state index in [1.54, 1.807) is 4.90 Å². The molecular formula is C16H21N3O2. The average molecular weight is 287 g/mol. The summed E-state index contributed by atoms with van der Waals surface area (Å²) in [7, 11) is 0. The number of amides is 1. The Kier molecular flexibility index (Phi) is 5.09. The molecule has 0 fully saturated rings. The maximum absolute atomic E-state index is 11.9. The van der Waals surface area contributed by atoms with Gasteiger partial charge >= 0.3 is 0 Å². The third-order valence-corrected chi connectivity index (χ3v) is 3.40. The standard InChI is InChI=1S/C16H21N3O2/c1-4-19(5-2)15(20)10-9-14-17-18-16(21-14)13-8-6-7-12(3)11-13/h6-8,11H,4-5,9-10H2,1-3H3. The van der Waals surface area contributed by atoms with Crippen LogP contribution in [0.4, 0.5) is 0 Å². The van der Waals surface area contributed by atoms with Crippen LogP contribution >= 0.6 is 0 Å². The lowest BCUT2D eigenvalue weighted by molar-refractivity contribution is -0.130. The highest BCUT2D eigenvalue weighted by Gasteiger charge is 2.13. The fourth-order valence-electron chi connectivity index (χ4n) is 2.20. The van der Waals surface area contributed by atoms with Gasteiger partial charge in [-0.3, -0.25) is 4.79 Å². The number of aryl methyl sites for hydroxylation is 2. The number of carbonyl (C=O) groups excluding carboxylic acids is 1. The Bertz CT molecular complexity index is 603. The Labute approximate surface area is 125 Å². The second-order valence-electron chi connectivity index (χ2n) is 4.94. The summed E-state index contributed by atoms with van der Waals surface area (Å²) in [6.07, 6.45) is 0.880. The first-order valence-corrected chi connectivity index (χ1v) is 7.31. The van der Waals surface area contributed by atoms with Crippen molar-refractivity contribution in [3.8, 4) is 11.5 Å². The van der Waals surface area contributed by atoms with Crippen molar-refractivity contribution >= 4 is 5.91 Å². The van der Waals surface area contributed by atoms with Gasteiger partial charge < -0.3 is 9.32 Å². The van der Waals surface area contributed by atoms with Crippen molar-refractivity contribution in [3.05, 3.63) is 35.7 Å². The zero-order chi connectivity index (χ0) is 15.2. The van der Waals surface area contributed by atoms with E-state index < -0.39 is 0 Å². The Morgan fingerprint density at radius 2 is 2.00 bits per heavy atom. The first-order valence-electron chi connectivity index (χ1n) is 7.31. The lowest BCUT2D eigenvalue weighted by atomic mass is 10.1. The number of aromatic nitrogens is 2. The number of nitrogens with zero attached hydrogens (tertiary/aromatic N) is 3. The molecule has 5 heteroatoms. The molecule has 0 saturated heterocycles. The van der Waals surface area contributed by atoms with Gasteiger partial charge in [0.2, 0.25) is 17.7 Å². The van der Waals surface area contributed by atoms with Crippen LogP contribution in [0.2, 0.25) is 0 Å². The van der Waals surface area contributed by atoms with Crippen LogP contribution in [-0.4, -0.2) is 34.1 Å². The van der Waals surface area contributed by atoms with Gasteiger partial charge in [-0.25, -0.2) is 0 Å². The molecule has 0 aliphatic rings. The van der Waals surface area contributed by atoms with E-state index in [0.717, 1.165) is 24.2 Å². The molecule has 5 nitrogen and oxygen atoms in total. The van der Waals surface area contributed by atoms with Crippen LogP contribution in [0.1, 0.15) is 31.7 Å². The zero-order valence-electron chi connectivity index (χ0n) is 12.8. The van der Waals surface area contributed by atoms with Crippen LogP contribution in [-0.2, 0) is 11.2 Å². The van der Waals surface area contributed by atoms with E-state index in [2.05, 4.69) is 10.2 Å². The van der Waals surface area contributed by atoms with Crippen LogP contribution in [0.5, 0.6) is 0 Å².